The quantitative estimate of drug-likeness (QED) is 0.353. The molecule has 37 heavy (non-hydrogen) atoms. The molecule has 3 aromatic heterocycles. The molecule has 0 aliphatic carbocycles. The molecule has 0 spiro atoms. The second-order valence-corrected chi connectivity index (χ2v) is 9.48. The first-order valence-corrected chi connectivity index (χ1v) is 12.6. The lowest BCUT2D eigenvalue weighted by molar-refractivity contribution is -0.117. The Hall–Kier alpha value is -4.23. The van der Waals surface area contributed by atoms with Crippen LogP contribution in [0, 0.1) is 0 Å². The molecule has 1 aliphatic rings. The zero-order chi connectivity index (χ0) is 25.2. The summed E-state index contributed by atoms with van der Waals surface area (Å²) in [7, 11) is 1.89. The molecule has 6 rings (SSSR count). The maximum atomic E-state index is 12.9. The molecule has 0 unspecified atom stereocenters. The maximum Gasteiger partial charge on any atom is 0.143 e. The number of hydrogen-bond acceptors (Lipinski definition) is 5. The molecule has 0 radical (unpaired) electrons. The number of H-pyrrole nitrogens is 1. The number of ketones is 1. The molecule has 1 fully saturated rings. The van der Waals surface area contributed by atoms with E-state index < -0.39 is 0 Å². The lowest BCUT2D eigenvalue weighted by Crippen LogP contribution is -2.36. The number of pyridine rings is 1. The number of ether oxygens (including phenoxy) is 1. The molecule has 0 atom stereocenters. The highest BCUT2D eigenvalue weighted by Gasteiger charge is 2.17. The number of aromatic amines is 1. The van der Waals surface area contributed by atoms with E-state index in [0.717, 1.165) is 76.8 Å². The first-order chi connectivity index (χ1) is 18.1. The maximum absolute atomic E-state index is 12.9. The summed E-state index contributed by atoms with van der Waals surface area (Å²) in [5.74, 6) is 1.17. The lowest BCUT2D eigenvalue weighted by Gasteiger charge is -2.28. The van der Waals surface area contributed by atoms with E-state index in [1.165, 1.54) is 0 Å². The lowest BCUT2D eigenvalue weighted by atomic mass is 10.0. The number of nitrogens with one attached hydrogen (secondary N) is 1. The number of fused-ring (bicyclic) bond motifs is 1. The van der Waals surface area contributed by atoms with Gasteiger partial charge in [0.25, 0.3) is 0 Å². The Kier molecular flexibility index (Phi) is 6.28. The van der Waals surface area contributed by atoms with Crippen molar-refractivity contribution in [3.05, 3.63) is 90.3 Å². The minimum Gasteiger partial charge on any atom is -0.378 e. The Bertz CT molecular complexity index is 1530. The number of anilines is 1. The van der Waals surface area contributed by atoms with Crippen molar-refractivity contribution < 1.29 is 9.53 Å². The Balaban J connectivity index is 1.15. The number of morpholine rings is 1. The minimum atomic E-state index is 0.169. The van der Waals surface area contributed by atoms with E-state index >= 15 is 0 Å². The molecule has 1 saturated heterocycles. The van der Waals surface area contributed by atoms with E-state index in [2.05, 4.69) is 38.2 Å². The normalized spacial score (nSPS) is 13.8. The number of carbonyl (C=O) groups is 1. The van der Waals surface area contributed by atoms with E-state index in [9.17, 15) is 4.79 Å². The largest absolute Gasteiger partial charge is 0.378 e. The molecule has 186 valence electrons. The van der Waals surface area contributed by atoms with Crippen LogP contribution in [0.3, 0.4) is 0 Å². The Morgan fingerprint density at radius 1 is 0.946 bits per heavy atom. The summed E-state index contributed by atoms with van der Waals surface area (Å²) < 4.78 is 7.30. The number of carbonyl (C=O) groups excluding carboxylic acids is 1. The number of aryl methyl sites for hydroxylation is 1. The van der Waals surface area contributed by atoms with Gasteiger partial charge in [0.05, 0.1) is 24.4 Å². The predicted octanol–water partition coefficient (Wildman–Crippen LogP) is 4.82. The second kappa shape index (κ2) is 10.0. The highest BCUT2D eigenvalue weighted by molar-refractivity contribution is 5.94. The van der Waals surface area contributed by atoms with Crippen LogP contribution in [-0.4, -0.2) is 51.8 Å². The summed E-state index contributed by atoms with van der Waals surface area (Å²) in [6.07, 6.45) is 2.61. The monoisotopic (exact) mass is 491 g/mol. The molecule has 5 aromatic rings. The van der Waals surface area contributed by atoms with Crippen molar-refractivity contribution in [2.45, 2.75) is 12.8 Å². The van der Waals surface area contributed by atoms with Gasteiger partial charge in [0.1, 0.15) is 11.6 Å². The molecule has 0 saturated carbocycles. The fourth-order valence-electron chi connectivity index (χ4n) is 4.94. The summed E-state index contributed by atoms with van der Waals surface area (Å²) in [4.78, 5) is 23.3. The van der Waals surface area contributed by atoms with Crippen LogP contribution < -0.4 is 4.90 Å². The van der Waals surface area contributed by atoms with Gasteiger partial charge in [-0.2, -0.15) is 5.10 Å². The number of hydrogen-bond donors (Lipinski definition) is 1. The molecule has 7 heteroatoms. The second-order valence-electron chi connectivity index (χ2n) is 9.48. The average Bonchev–Trinajstić information content (AvgIpc) is 3.53. The Labute approximate surface area is 215 Å². The van der Waals surface area contributed by atoms with Gasteiger partial charge in [-0.25, -0.2) is 4.98 Å². The number of benzene rings is 2. The standard InChI is InChI=1S/C30H29N5O2/c1-34-24(19-29(33-34)22-5-3-2-4-6-22)18-25(36)17-21-7-9-23(10-8-21)28-20-26-27(32-28)11-12-31-30(26)35-13-15-37-16-14-35/h2-12,19-20,32H,13-18H2,1H3. The van der Waals surface area contributed by atoms with Crippen molar-refractivity contribution in [3.8, 4) is 22.5 Å². The smallest absolute Gasteiger partial charge is 0.143 e. The van der Waals surface area contributed by atoms with Gasteiger partial charge < -0.3 is 14.6 Å². The Morgan fingerprint density at radius 3 is 2.51 bits per heavy atom. The molecular formula is C30H29N5O2. The number of nitrogens with zero attached hydrogens (tertiary/aromatic N) is 4. The van der Waals surface area contributed by atoms with Crippen LogP contribution in [-0.2, 0) is 29.4 Å². The van der Waals surface area contributed by atoms with Gasteiger partial charge in [-0.1, -0.05) is 54.6 Å². The third-order valence-corrected chi connectivity index (χ3v) is 6.93. The highest BCUT2D eigenvalue weighted by atomic mass is 16.5. The van der Waals surface area contributed by atoms with Gasteiger partial charge in [0.2, 0.25) is 0 Å². The molecular weight excluding hydrogens is 462 g/mol. The summed E-state index contributed by atoms with van der Waals surface area (Å²) in [6.45, 7) is 3.15. The van der Waals surface area contributed by atoms with Crippen LogP contribution in [0.15, 0.2) is 79.0 Å². The molecule has 7 nitrogen and oxygen atoms in total. The van der Waals surface area contributed by atoms with Gasteiger partial charge in [-0.15, -0.1) is 0 Å². The number of rotatable bonds is 7. The molecule has 1 aliphatic heterocycles. The van der Waals surface area contributed by atoms with E-state index in [1.807, 2.05) is 67.8 Å². The molecule has 0 amide bonds. The van der Waals surface area contributed by atoms with Crippen LogP contribution in [0.5, 0.6) is 0 Å². The number of aromatic nitrogens is 4. The third kappa shape index (κ3) is 4.90. The SMILES string of the molecule is Cn1nc(-c2ccccc2)cc1CC(=O)Cc1ccc(-c2cc3c(N4CCOCC4)nccc3[nH]2)cc1. The highest BCUT2D eigenvalue weighted by Crippen LogP contribution is 2.30. The van der Waals surface area contributed by atoms with E-state index in [-0.39, 0.29) is 5.78 Å². The molecule has 2 aromatic carbocycles. The van der Waals surface area contributed by atoms with Gasteiger partial charge in [0.15, 0.2) is 0 Å². The van der Waals surface area contributed by atoms with E-state index in [0.29, 0.717) is 12.8 Å². The molecule has 1 N–H and O–H groups in total. The first kappa shape index (κ1) is 23.2. The van der Waals surface area contributed by atoms with Crippen molar-refractivity contribution in [1.82, 2.24) is 19.7 Å². The summed E-state index contributed by atoms with van der Waals surface area (Å²) in [5.41, 5.74) is 7.06. The van der Waals surface area contributed by atoms with Gasteiger partial charge >= 0.3 is 0 Å². The number of Topliss-reactive ketones (excluding diaryl/α,β-unsaturated/α-hetero) is 1. The van der Waals surface area contributed by atoms with E-state index in [1.54, 1.807) is 4.68 Å². The fourth-order valence-corrected chi connectivity index (χ4v) is 4.94. The summed E-state index contributed by atoms with van der Waals surface area (Å²) in [6, 6.07) is 24.5. The summed E-state index contributed by atoms with van der Waals surface area (Å²) in [5, 5.41) is 5.70. The fraction of sp³-hybridized carbons (Fsp3) is 0.233. The Morgan fingerprint density at radius 2 is 1.73 bits per heavy atom. The molecule has 4 heterocycles. The van der Waals surface area contributed by atoms with Crippen molar-refractivity contribution in [2.24, 2.45) is 7.05 Å². The zero-order valence-corrected chi connectivity index (χ0v) is 20.9. The topological polar surface area (TPSA) is 76.0 Å². The van der Waals surface area contributed by atoms with Crippen LogP contribution in [0.4, 0.5) is 5.82 Å². The minimum absolute atomic E-state index is 0.169. The van der Waals surface area contributed by atoms with Crippen molar-refractivity contribution in [3.63, 3.8) is 0 Å². The van der Waals surface area contributed by atoms with Crippen LogP contribution in [0.25, 0.3) is 33.4 Å². The van der Waals surface area contributed by atoms with Crippen LogP contribution >= 0.6 is 0 Å². The molecule has 0 bridgehead atoms. The van der Waals surface area contributed by atoms with Gasteiger partial charge in [-0.05, 0) is 29.3 Å². The van der Waals surface area contributed by atoms with Gasteiger partial charge in [0, 0.05) is 61.5 Å². The van der Waals surface area contributed by atoms with Gasteiger partial charge in [-0.3, -0.25) is 9.48 Å². The first-order valence-electron chi connectivity index (χ1n) is 12.6. The average molecular weight is 492 g/mol. The van der Waals surface area contributed by atoms with Crippen molar-refractivity contribution in [2.75, 3.05) is 31.2 Å². The third-order valence-electron chi connectivity index (χ3n) is 6.93. The van der Waals surface area contributed by atoms with E-state index in [4.69, 9.17) is 4.74 Å². The van der Waals surface area contributed by atoms with Crippen LogP contribution in [0.1, 0.15) is 11.3 Å². The zero-order valence-electron chi connectivity index (χ0n) is 20.9. The van der Waals surface area contributed by atoms with Crippen molar-refractivity contribution in [1.29, 1.82) is 0 Å². The predicted molar refractivity (Wildman–Crippen MR) is 146 cm³/mol. The van der Waals surface area contributed by atoms with Crippen molar-refractivity contribution >= 4 is 22.5 Å². The van der Waals surface area contributed by atoms with Crippen LogP contribution in [0.2, 0.25) is 0 Å². The summed E-state index contributed by atoms with van der Waals surface area (Å²) >= 11 is 0.